The SMILES string of the molecule is CCOC(=O)c1cc(C(=O)O)cc2c1CCOC2. The van der Waals surface area contributed by atoms with E-state index in [9.17, 15) is 9.59 Å². The topological polar surface area (TPSA) is 72.8 Å². The molecule has 1 aliphatic heterocycles. The number of fused-ring (bicyclic) bond motifs is 1. The van der Waals surface area contributed by atoms with Crippen LogP contribution in [0.2, 0.25) is 0 Å². The molecule has 96 valence electrons. The minimum absolute atomic E-state index is 0.0855. The Morgan fingerprint density at radius 3 is 2.89 bits per heavy atom. The van der Waals surface area contributed by atoms with Gasteiger partial charge in [0.25, 0.3) is 0 Å². The molecule has 2 rings (SSSR count). The normalized spacial score (nSPS) is 13.8. The summed E-state index contributed by atoms with van der Waals surface area (Å²) >= 11 is 0. The summed E-state index contributed by atoms with van der Waals surface area (Å²) in [5.41, 5.74) is 2.02. The highest BCUT2D eigenvalue weighted by Crippen LogP contribution is 2.24. The van der Waals surface area contributed by atoms with Crippen LogP contribution in [-0.4, -0.2) is 30.3 Å². The molecule has 5 nitrogen and oxygen atoms in total. The van der Waals surface area contributed by atoms with Crippen molar-refractivity contribution in [2.24, 2.45) is 0 Å². The molecule has 0 aliphatic carbocycles. The van der Waals surface area contributed by atoms with E-state index in [1.54, 1.807) is 13.0 Å². The molecule has 0 saturated heterocycles. The number of benzene rings is 1. The summed E-state index contributed by atoms with van der Waals surface area (Å²) in [5.74, 6) is -1.53. The third kappa shape index (κ3) is 2.36. The van der Waals surface area contributed by atoms with Gasteiger partial charge >= 0.3 is 11.9 Å². The van der Waals surface area contributed by atoms with E-state index in [2.05, 4.69) is 0 Å². The summed E-state index contributed by atoms with van der Waals surface area (Å²) in [6.07, 6.45) is 0.601. The quantitative estimate of drug-likeness (QED) is 0.825. The van der Waals surface area contributed by atoms with Gasteiger partial charge in [0.2, 0.25) is 0 Å². The Bertz CT molecular complexity index is 492. The molecule has 1 aromatic carbocycles. The van der Waals surface area contributed by atoms with Gasteiger partial charge in [0.05, 0.1) is 30.9 Å². The predicted octanol–water partition coefficient (Wildman–Crippen LogP) is 1.63. The fraction of sp³-hybridized carbons (Fsp3) is 0.385. The Morgan fingerprint density at radius 2 is 2.22 bits per heavy atom. The first-order valence-electron chi connectivity index (χ1n) is 5.77. The maximum absolute atomic E-state index is 11.8. The standard InChI is InChI=1S/C13H14O5/c1-2-18-13(16)11-6-8(12(14)15)5-9-7-17-4-3-10(9)11/h5-6H,2-4,7H2,1H3,(H,14,15). The number of carboxylic acids is 1. The fourth-order valence-corrected chi connectivity index (χ4v) is 2.03. The van der Waals surface area contributed by atoms with E-state index >= 15 is 0 Å². The Kier molecular flexibility index (Phi) is 3.62. The molecule has 18 heavy (non-hydrogen) atoms. The molecule has 1 heterocycles. The Morgan fingerprint density at radius 1 is 1.44 bits per heavy atom. The summed E-state index contributed by atoms with van der Waals surface area (Å²) in [6.45, 7) is 2.85. The molecule has 0 bridgehead atoms. The zero-order valence-corrected chi connectivity index (χ0v) is 10.1. The first-order valence-corrected chi connectivity index (χ1v) is 5.77. The van der Waals surface area contributed by atoms with Gasteiger partial charge in [-0.05, 0) is 36.6 Å². The minimum Gasteiger partial charge on any atom is -0.478 e. The van der Waals surface area contributed by atoms with Crippen molar-refractivity contribution in [1.82, 2.24) is 0 Å². The number of aromatic carboxylic acids is 1. The molecule has 0 saturated carbocycles. The molecule has 0 fully saturated rings. The lowest BCUT2D eigenvalue weighted by molar-refractivity contribution is 0.0521. The molecule has 0 unspecified atom stereocenters. The van der Waals surface area contributed by atoms with Gasteiger partial charge in [-0.3, -0.25) is 0 Å². The van der Waals surface area contributed by atoms with Crippen molar-refractivity contribution in [1.29, 1.82) is 0 Å². The van der Waals surface area contributed by atoms with E-state index in [0.717, 1.165) is 11.1 Å². The summed E-state index contributed by atoms with van der Waals surface area (Å²) in [5, 5.41) is 9.03. The molecule has 5 heteroatoms. The highest BCUT2D eigenvalue weighted by Gasteiger charge is 2.22. The zero-order valence-electron chi connectivity index (χ0n) is 10.1. The number of carboxylic acid groups (broad SMARTS) is 1. The monoisotopic (exact) mass is 250 g/mol. The molecule has 1 aromatic rings. The van der Waals surface area contributed by atoms with Gasteiger partial charge in [0, 0.05) is 0 Å². The molecular weight excluding hydrogens is 236 g/mol. The summed E-state index contributed by atoms with van der Waals surface area (Å²) in [6, 6.07) is 2.93. The van der Waals surface area contributed by atoms with Gasteiger partial charge in [0.15, 0.2) is 0 Å². The van der Waals surface area contributed by atoms with Crippen LogP contribution in [0.1, 0.15) is 38.8 Å². The lowest BCUT2D eigenvalue weighted by atomic mass is 9.94. The maximum atomic E-state index is 11.8. The number of ether oxygens (including phenoxy) is 2. The van der Waals surface area contributed by atoms with Crippen LogP contribution in [0.25, 0.3) is 0 Å². The number of carbonyl (C=O) groups excluding carboxylic acids is 1. The highest BCUT2D eigenvalue weighted by atomic mass is 16.5. The van der Waals surface area contributed by atoms with E-state index < -0.39 is 11.9 Å². The number of esters is 1. The molecular formula is C13H14O5. The van der Waals surface area contributed by atoms with E-state index in [0.29, 0.717) is 25.2 Å². The summed E-state index contributed by atoms with van der Waals surface area (Å²) in [4.78, 5) is 22.9. The van der Waals surface area contributed by atoms with E-state index in [1.165, 1.54) is 6.07 Å². The molecule has 0 aromatic heterocycles. The number of carbonyl (C=O) groups is 2. The fourth-order valence-electron chi connectivity index (χ4n) is 2.03. The lowest BCUT2D eigenvalue weighted by Crippen LogP contribution is -2.18. The molecule has 1 aliphatic rings. The molecule has 0 radical (unpaired) electrons. The average molecular weight is 250 g/mol. The van der Waals surface area contributed by atoms with E-state index in [4.69, 9.17) is 14.6 Å². The third-order valence-corrected chi connectivity index (χ3v) is 2.84. The van der Waals surface area contributed by atoms with Crippen molar-refractivity contribution >= 4 is 11.9 Å². The molecule has 1 N–H and O–H groups in total. The Labute approximate surface area is 104 Å². The van der Waals surface area contributed by atoms with Crippen LogP contribution in [0, 0.1) is 0 Å². The van der Waals surface area contributed by atoms with Crippen molar-refractivity contribution < 1.29 is 24.2 Å². The summed E-state index contributed by atoms with van der Waals surface area (Å²) in [7, 11) is 0. The van der Waals surface area contributed by atoms with Gasteiger partial charge in [-0.15, -0.1) is 0 Å². The third-order valence-electron chi connectivity index (χ3n) is 2.84. The van der Waals surface area contributed by atoms with Crippen molar-refractivity contribution in [3.8, 4) is 0 Å². The Hall–Kier alpha value is -1.88. The minimum atomic E-state index is -1.06. The van der Waals surface area contributed by atoms with Gasteiger partial charge in [-0.2, -0.15) is 0 Å². The van der Waals surface area contributed by atoms with Crippen LogP contribution in [-0.2, 0) is 22.5 Å². The van der Waals surface area contributed by atoms with Gasteiger partial charge < -0.3 is 14.6 Å². The van der Waals surface area contributed by atoms with Gasteiger partial charge in [-0.25, -0.2) is 9.59 Å². The van der Waals surface area contributed by atoms with E-state index in [1.807, 2.05) is 0 Å². The second kappa shape index (κ2) is 5.18. The molecule has 0 spiro atoms. The van der Waals surface area contributed by atoms with Crippen LogP contribution in [0.5, 0.6) is 0 Å². The van der Waals surface area contributed by atoms with Crippen LogP contribution in [0.15, 0.2) is 12.1 Å². The van der Waals surface area contributed by atoms with Crippen LogP contribution >= 0.6 is 0 Å². The molecule has 0 atom stereocenters. The van der Waals surface area contributed by atoms with Crippen molar-refractivity contribution in [3.05, 3.63) is 34.4 Å². The lowest BCUT2D eigenvalue weighted by Gasteiger charge is -2.19. The first-order chi connectivity index (χ1) is 8.63. The highest BCUT2D eigenvalue weighted by molar-refractivity contribution is 5.96. The molecule has 0 amide bonds. The number of hydrogen-bond acceptors (Lipinski definition) is 4. The van der Waals surface area contributed by atoms with E-state index in [-0.39, 0.29) is 12.2 Å². The van der Waals surface area contributed by atoms with Crippen molar-refractivity contribution in [2.45, 2.75) is 20.0 Å². The summed E-state index contributed by atoms with van der Waals surface area (Å²) < 4.78 is 10.2. The number of rotatable bonds is 3. The van der Waals surface area contributed by atoms with Gasteiger partial charge in [-0.1, -0.05) is 0 Å². The largest absolute Gasteiger partial charge is 0.478 e. The Balaban J connectivity index is 2.50. The van der Waals surface area contributed by atoms with Crippen molar-refractivity contribution in [3.63, 3.8) is 0 Å². The number of hydrogen-bond donors (Lipinski definition) is 1. The zero-order chi connectivity index (χ0) is 13.1. The van der Waals surface area contributed by atoms with Crippen LogP contribution in [0.3, 0.4) is 0 Å². The average Bonchev–Trinajstić information content (AvgIpc) is 2.37. The predicted molar refractivity (Wildman–Crippen MR) is 62.7 cm³/mol. The second-order valence-corrected chi connectivity index (χ2v) is 3.99. The van der Waals surface area contributed by atoms with Crippen LogP contribution < -0.4 is 0 Å². The van der Waals surface area contributed by atoms with Gasteiger partial charge in [0.1, 0.15) is 0 Å². The maximum Gasteiger partial charge on any atom is 0.338 e. The first kappa shape index (κ1) is 12.6. The smallest absolute Gasteiger partial charge is 0.338 e. The second-order valence-electron chi connectivity index (χ2n) is 3.99. The van der Waals surface area contributed by atoms with Crippen molar-refractivity contribution in [2.75, 3.05) is 13.2 Å². The van der Waals surface area contributed by atoms with Crippen LogP contribution in [0.4, 0.5) is 0 Å².